The fraction of sp³-hybridized carbons (Fsp3) is 0.333. The second kappa shape index (κ2) is 10.3. The van der Waals surface area contributed by atoms with Crippen molar-refractivity contribution in [1.29, 1.82) is 0 Å². The van der Waals surface area contributed by atoms with E-state index >= 15 is 0 Å². The van der Waals surface area contributed by atoms with Crippen molar-refractivity contribution in [3.05, 3.63) is 77.4 Å². The van der Waals surface area contributed by atoms with Gasteiger partial charge in [-0.2, -0.15) is 0 Å². The summed E-state index contributed by atoms with van der Waals surface area (Å²) in [6.07, 6.45) is 3.49. The molecule has 0 spiro atoms. The van der Waals surface area contributed by atoms with E-state index in [1.54, 1.807) is 47.1 Å². The van der Waals surface area contributed by atoms with Gasteiger partial charge in [-0.25, -0.2) is 4.98 Å². The van der Waals surface area contributed by atoms with Gasteiger partial charge in [-0.05, 0) is 42.3 Å². The Kier molecular flexibility index (Phi) is 6.80. The van der Waals surface area contributed by atoms with E-state index in [0.717, 1.165) is 11.1 Å². The van der Waals surface area contributed by atoms with Gasteiger partial charge in [0, 0.05) is 51.1 Å². The molecule has 1 fully saturated rings. The lowest BCUT2D eigenvalue weighted by Crippen LogP contribution is -2.58. The minimum atomic E-state index is -0.463. The molecule has 10 heteroatoms. The van der Waals surface area contributed by atoms with Gasteiger partial charge in [-0.15, -0.1) is 0 Å². The van der Waals surface area contributed by atoms with E-state index < -0.39 is 6.04 Å². The zero-order valence-corrected chi connectivity index (χ0v) is 20.8. The maximum absolute atomic E-state index is 13.3. The Morgan fingerprint density at radius 1 is 1.14 bits per heavy atom. The van der Waals surface area contributed by atoms with Crippen LogP contribution in [0.1, 0.15) is 38.5 Å². The molecule has 4 bridgehead atoms. The highest BCUT2D eigenvalue weighted by Crippen LogP contribution is 2.23. The summed E-state index contributed by atoms with van der Waals surface area (Å²) in [5.74, 6) is 0.666. The Balaban J connectivity index is 1.44. The van der Waals surface area contributed by atoms with Crippen molar-refractivity contribution in [3.63, 3.8) is 0 Å². The summed E-state index contributed by atoms with van der Waals surface area (Å²) in [5.41, 5.74) is 2.12. The van der Waals surface area contributed by atoms with E-state index in [4.69, 9.17) is 9.47 Å². The number of nitrogens with zero attached hydrogens (tertiary/aromatic N) is 3. The molecule has 37 heavy (non-hydrogen) atoms. The second-order valence-corrected chi connectivity index (χ2v) is 9.33. The molecular weight excluding hydrogens is 474 g/mol. The largest absolute Gasteiger partial charge is 0.488 e. The number of likely N-dealkylation sites (tertiary alicyclic amines) is 1. The standard InChI is InChI=1S/C27H29N5O5/c1-17-3-6-19-13-23(17)36-16-24(33)29-14-18-4-7-20(8-5-18)37-22-9-11-32(15-21(22)30-26(19)34)27(35)25-28-10-12-31(25)2/h3-8,10,12-13,21-22H,9,11,14-16H2,1-2H3,(H,29,33)(H,30,34)/t21-,22-/m0/s1. The van der Waals surface area contributed by atoms with Gasteiger partial charge in [0.05, 0.1) is 6.04 Å². The number of nitrogens with one attached hydrogen (secondary N) is 2. The molecule has 1 aromatic heterocycles. The van der Waals surface area contributed by atoms with Crippen LogP contribution in [-0.4, -0.2) is 64.0 Å². The number of rotatable bonds is 1. The number of fused-ring (bicyclic) bond motifs is 7. The lowest BCUT2D eigenvalue weighted by atomic mass is 10.0. The normalized spacial score (nSPS) is 20.1. The highest BCUT2D eigenvalue weighted by atomic mass is 16.5. The molecule has 0 radical (unpaired) electrons. The number of carbonyl (C=O) groups is 3. The van der Waals surface area contributed by atoms with Crippen molar-refractivity contribution in [2.24, 2.45) is 7.05 Å². The van der Waals surface area contributed by atoms with Crippen LogP contribution >= 0.6 is 0 Å². The first-order valence-electron chi connectivity index (χ1n) is 12.2. The first-order chi connectivity index (χ1) is 17.9. The topological polar surface area (TPSA) is 115 Å². The van der Waals surface area contributed by atoms with Gasteiger partial charge >= 0.3 is 0 Å². The number of ether oxygens (including phenoxy) is 2. The number of amides is 3. The summed E-state index contributed by atoms with van der Waals surface area (Å²) in [6, 6.07) is 12.1. The van der Waals surface area contributed by atoms with E-state index in [1.807, 2.05) is 31.2 Å². The Morgan fingerprint density at radius 3 is 2.70 bits per heavy atom. The van der Waals surface area contributed by atoms with Crippen molar-refractivity contribution in [1.82, 2.24) is 25.1 Å². The minimum Gasteiger partial charge on any atom is -0.488 e. The average Bonchev–Trinajstić information content (AvgIpc) is 3.33. The molecular formula is C27H29N5O5. The Morgan fingerprint density at radius 2 is 1.95 bits per heavy atom. The molecule has 3 aromatic rings. The lowest BCUT2D eigenvalue weighted by molar-refractivity contribution is -0.123. The van der Waals surface area contributed by atoms with E-state index in [9.17, 15) is 14.4 Å². The molecule has 0 unspecified atom stereocenters. The molecule has 192 valence electrons. The summed E-state index contributed by atoms with van der Waals surface area (Å²) in [6.45, 7) is 2.79. The van der Waals surface area contributed by atoms with E-state index in [1.165, 1.54) is 0 Å². The Hall–Kier alpha value is -4.34. The molecule has 0 saturated carbocycles. The third-order valence-electron chi connectivity index (χ3n) is 6.68. The van der Waals surface area contributed by atoms with E-state index in [2.05, 4.69) is 15.6 Å². The number of piperidine rings is 1. The lowest BCUT2D eigenvalue weighted by Gasteiger charge is -2.38. The molecule has 2 atom stereocenters. The van der Waals surface area contributed by atoms with Crippen LogP contribution in [0.2, 0.25) is 0 Å². The fourth-order valence-corrected chi connectivity index (χ4v) is 4.51. The average molecular weight is 504 g/mol. The van der Waals surface area contributed by atoms with Crippen LogP contribution in [0.15, 0.2) is 54.9 Å². The van der Waals surface area contributed by atoms with Crippen molar-refractivity contribution < 1.29 is 23.9 Å². The van der Waals surface area contributed by atoms with Crippen LogP contribution in [0.5, 0.6) is 11.5 Å². The number of aryl methyl sites for hydroxylation is 2. The first kappa shape index (κ1) is 24.4. The van der Waals surface area contributed by atoms with Crippen molar-refractivity contribution in [2.45, 2.75) is 32.0 Å². The van der Waals surface area contributed by atoms with Gasteiger partial charge in [0.2, 0.25) is 0 Å². The number of carbonyl (C=O) groups excluding carboxylic acids is 3. The first-order valence-corrected chi connectivity index (χ1v) is 12.2. The summed E-state index contributed by atoms with van der Waals surface area (Å²) < 4.78 is 13.7. The number of benzene rings is 2. The molecule has 3 amide bonds. The molecule has 4 heterocycles. The van der Waals surface area contributed by atoms with Gasteiger partial charge in [0.1, 0.15) is 17.6 Å². The molecule has 10 nitrogen and oxygen atoms in total. The number of hydrogen-bond donors (Lipinski definition) is 2. The summed E-state index contributed by atoms with van der Waals surface area (Å²) in [5, 5.41) is 5.90. The quantitative estimate of drug-likeness (QED) is 0.524. The van der Waals surface area contributed by atoms with Crippen LogP contribution in [0.3, 0.4) is 0 Å². The second-order valence-electron chi connectivity index (χ2n) is 9.33. The van der Waals surface area contributed by atoms with E-state index in [-0.39, 0.29) is 37.0 Å². The van der Waals surface area contributed by atoms with Gasteiger partial charge in [0.25, 0.3) is 17.7 Å². The van der Waals surface area contributed by atoms with Crippen molar-refractivity contribution >= 4 is 17.7 Å². The third kappa shape index (κ3) is 5.42. The minimum absolute atomic E-state index is 0.165. The molecule has 2 N–H and O–H groups in total. The highest BCUT2D eigenvalue weighted by molar-refractivity contribution is 5.95. The van der Waals surface area contributed by atoms with Crippen LogP contribution in [0.4, 0.5) is 0 Å². The predicted molar refractivity (Wildman–Crippen MR) is 134 cm³/mol. The van der Waals surface area contributed by atoms with Gasteiger partial charge < -0.3 is 29.6 Å². The van der Waals surface area contributed by atoms with Crippen LogP contribution in [0, 0.1) is 6.92 Å². The van der Waals surface area contributed by atoms with Crippen LogP contribution in [-0.2, 0) is 18.4 Å². The molecule has 2 aromatic carbocycles. The van der Waals surface area contributed by atoms with Crippen molar-refractivity contribution in [2.75, 3.05) is 19.7 Å². The molecule has 6 rings (SSSR count). The van der Waals surface area contributed by atoms with Crippen LogP contribution < -0.4 is 20.1 Å². The predicted octanol–water partition coefficient (Wildman–Crippen LogP) is 1.83. The molecule has 3 aliphatic heterocycles. The zero-order valence-electron chi connectivity index (χ0n) is 20.8. The van der Waals surface area contributed by atoms with Gasteiger partial charge in [-0.1, -0.05) is 18.2 Å². The fourth-order valence-electron chi connectivity index (χ4n) is 4.51. The van der Waals surface area contributed by atoms with Gasteiger partial charge in [-0.3, -0.25) is 14.4 Å². The Bertz CT molecular complexity index is 1320. The van der Waals surface area contributed by atoms with Gasteiger partial charge in [0.15, 0.2) is 12.4 Å². The summed E-state index contributed by atoms with van der Waals surface area (Å²) >= 11 is 0. The number of aromatic nitrogens is 2. The summed E-state index contributed by atoms with van der Waals surface area (Å²) in [4.78, 5) is 44.6. The molecule has 0 aliphatic carbocycles. The smallest absolute Gasteiger partial charge is 0.289 e. The van der Waals surface area contributed by atoms with E-state index in [0.29, 0.717) is 42.4 Å². The maximum atomic E-state index is 13.3. The van der Waals surface area contributed by atoms with Crippen molar-refractivity contribution in [3.8, 4) is 11.5 Å². The van der Waals surface area contributed by atoms with Crippen LogP contribution in [0.25, 0.3) is 0 Å². The maximum Gasteiger partial charge on any atom is 0.289 e. The SMILES string of the molecule is Cc1ccc2cc1OCC(=O)NCc1ccc(cc1)O[C@H]1CCN(C(=O)c3nccn3C)C[C@@H]1NC2=O. The number of hydrogen-bond acceptors (Lipinski definition) is 6. The Labute approximate surface area is 214 Å². The third-order valence-corrected chi connectivity index (χ3v) is 6.68. The monoisotopic (exact) mass is 503 g/mol. The molecule has 3 aliphatic rings. The number of imidazole rings is 1. The molecule has 1 saturated heterocycles. The highest BCUT2D eigenvalue weighted by Gasteiger charge is 2.35. The summed E-state index contributed by atoms with van der Waals surface area (Å²) in [7, 11) is 1.77. The zero-order chi connectivity index (χ0) is 25.9.